The van der Waals surface area contributed by atoms with Crippen LogP contribution in [-0.2, 0) is 22.4 Å². The number of carbonyl (C=O) groups excluding carboxylic acids is 3. The Kier molecular flexibility index (Phi) is 5.94. The van der Waals surface area contributed by atoms with Gasteiger partial charge in [0.15, 0.2) is 0 Å². The Bertz CT molecular complexity index is 1230. The number of amides is 4. The molecule has 0 atom stereocenters. The molecule has 0 bridgehead atoms. The van der Waals surface area contributed by atoms with E-state index in [1.54, 1.807) is 42.5 Å². The molecule has 0 unspecified atom stereocenters. The van der Waals surface area contributed by atoms with Crippen LogP contribution in [0.1, 0.15) is 29.2 Å². The Labute approximate surface area is 185 Å². The third-order valence-corrected chi connectivity index (χ3v) is 5.36. The Balaban J connectivity index is 1.61. The van der Waals surface area contributed by atoms with Crippen molar-refractivity contribution in [2.75, 3.05) is 4.90 Å². The van der Waals surface area contributed by atoms with Crippen LogP contribution in [0.4, 0.5) is 14.9 Å². The number of imide groups is 2. The van der Waals surface area contributed by atoms with E-state index in [-0.39, 0.29) is 11.4 Å². The average Bonchev–Trinajstić information content (AvgIpc) is 2.79. The van der Waals surface area contributed by atoms with Gasteiger partial charge in [0.1, 0.15) is 11.4 Å². The number of nitrogens with zero attached hydrogens (tertiary/aromatic N) is 1. The molecule has 1 fully saturated rings. The highest BCUT2D eigenvalue weighted by Crippen LogP contribution is 2.26. The molecule has 5 nitrogen and oxygen atoms in total. The standard InChI is InChI=1S/C26H21FN2O3/c1-2-19-7-4-6-10-23(19)29-25(31)21(24(30)28-26(29)32)16-18-13-11-17(12-14-18)15-20-8-3-5-9-22(20)27/h3-14,16H,2,15H2,1H3,(H,28,30,32)/b21-16-. The summed E-state index contributed by atoms with van der Waals surface area (Å²) in [7, 11) is 0. The van der Waals surface area contributed by atoms with E-state index < -0.39 is 17.8 Å². The summed E-state index contributed by atoms with van der Waals surface area (Å²) in [6.07, 6.45) is 2.52. The Hall–Kier alpha value is -4.06. The smallest absolute Gasteiger partial charge is 0.273 e. The van der Waals surface area contributed by atoms with Crippen molar-refractivity contribution < 1.29 is 18.8 Å². The largest absolute Gasteiger partial charge is 0.335 e. The Morgan fingerprint density at radius 2 is 1.53 bits per heavy atom. The van der Waals surface area contributed by atoms with Crippen molar-refractivity contribution in [3.8, 4) is 0 Å². The first-order valence-electron chi connectivity index (χ1n) is 10.3. The molecule has 0 aromatic heterocycles. The van der Waals surface area contributed by atoms with Crippen LogP contribution in [0, 0.1) is 5.82 Å². The van der Waals surface area contributed by atoms with Gasteiger partial charge in [-0.25, -0.2) is 14.1 Å². The van der Waals surface area contributed by atoms with Crippen molar-refractivity contribution in [3.63, 3.8) is 0 Å². The predicted octanol–water partition coefficient (Wildman–Crippen LogP) is 4.65. The third kappa shape index (κ3) is 4.21. The minimum atomic E-state index is -0.765. The number of aryl methyl sites for hydroxylation is 1. The van der Waals surface area contributed by atoms with E-state index in [1.165, 1.54) is 12.1 Å². The van der Waals surface area contributed by atoms with E-state index in [2.05, 4.69) is 5.32 Å². The SMILES string of the molecule is CCc1ccccc1N1C(=O)NC(=O)/C(=C/c2ccc(Cc3ccccc3F)cc2)C1=O. The number of urea groups is 1. The molecule has 4 amide bonds. The minimum Gasteiger partial charge on any atom is -0.273 e. The quantitative estimate of drug-likeness (QED) is 0.475. The number of nitrogens with one attached hydrogen (secondary N) is 1. The van der Waals surface area contributed by atoms with Gasteiger partial charge in [0.2, 0.25) is 0 Å². The average molecular weight is 428 g/mol. The van der Waals surface area contributed by atoms with E-state index in [9.17, 15) is 18.8 Å². The highest BCUT2D eigenvalue weighted by atomic mass is 19.1. The fourth-order valence-electron chi connectivity index (χ4n) is 3.66. The van der Waals surface area contributed by atoms with Crippen molar-refractivity contribution in [3.05, 3.63) is 106 Å². The molecule has 1 aliphatic rings. The molecule has 0 radical (unpaired) electrons. The van der Waals surface area contributed by atoms with E-state index in [1.807, 2.05) is 31.2 Å². The first-order chi connectivity index (χ1) is 15.5. The second-order valence-electron chi connectivity index (χ2n) is 7.45. The number of carbonyl (C=O) groups is 3. The Morgan fingerprint density at radius 3 is 2.22 bits per heavy atom. The second kappa shape index (κ2) is 8.98. The monoisotopic (exact) mass is 428 g/mol. The van der Waals surface area contributed by atoms with Gasteiger partial charge in [-0.3, -0.25) is 14.9 Å². The van der Waals surface area contributed by atoms with Crippen LogP contribution in [0.2, 0.25) is 0 Å². The molecule has 1 heterocycles. The molecule has 1 aliphatic heterocycles. The van der Waals surface area contributed by atoms with Gasteiger partial charge in [-0.05, 0) is 46.9 Å². The van der Waals surface area contributed by atoms with Gasteiger partial charge in [-0.15, -0.1) is 0 Å². The molecule has 1 N–H and O–H groups in total. The summed E-state index contributed by atoms with van der Waals surface area (Å²) in [5.74, 6) is -1.67. The van der Waals surface area contributed by atoms with Crippen LogP contribution in [0.25, 0.3) is 6.08 Å². The summed E-state index contributed by atoms with van der Waals surface area (Å²) in [4.78, 5) is 38.9. The maximum atomic E-state index is 13.9. The molecular weight excluding hydrogens is 407 g/mol. The molecule has 0 saturated carbocycles. The number of anilines is 1. The van der Waals surface area contributed by atoms with E-state index in [4.69, 9.17) is 0 Å². The Morgan fingerprint density at radius 1 is 0.875 bits per heavy atom. The first kappa shape index (κ1) is 21.2. The van der Waals surface area contributed by atoms with Gasteiger partial charge in [-0.1, -0.05) is 67.6 Å². The van der Waals surface area contributed by atoms with Crippen LogP contribution in [0.15, 0.2) is 78.4 Å². The molecule has 6 heteroatoms. The molecule has 160 valence electrons. The van der Waals surface area contributed by atoms with Gasteiger partial charge < -0.3 is 0 Å². The molecule has 3 aromatic rings. The third-order valence-electron chi connectivity index (χ3n) is 5.36. The van der Waals surface area contributed by atoms with E-state index in [0.717, 1.165) is 16.0 Å². The number of barbiturate groups is 1. The van der Waals surface area contributed by atoms with E-state index in [0.29, 0.717) is 29.7 Å². The number of halogens is 1. The summed E-state index contributed by atoms with van der Waals surface area (Å²) < 4.78 is 13.9. The predicted molar refractivity (Wildman–Crippen MR) is 120 cm³/mol. The lowest BCUT2D eigenvalue weighted by atomic mass is 10.0. The molecule has 0 aliphatic carbocycles. The highest BCUT2D eigenvalue weighted by molar-refractivity contribution is 6.39. The number of hydrogen-bond acceptors (Lipinski definition) is 3. The fourth-order valence-corrected chi connectivity index (χ4v) is 3.66. The molecule has 0 spiro atoms. The van der Waals surface area contributed by atoms with Crippen molar-refractivity contribution in [1.82, 2.24) is 5.32 Å². The van der Waals surface area contributed by atoms with Gasteiger partial charge in [0.25, 0.3) is 11.8 Å². The normalized spacial score (nSPS) is 15.2. The summed E-state index contributed by atoms with van der Waals surface area (Å²) in [5, 5.41) is 2.25. The number of rotatable bonds is 5. The van der Waals surface area contributed by atoms with Crippen molar-refractivity contribution in [1.29, 1.82) is 0 Å². The van der Waals surface area contributed by atoms with Crippen molar-refractivity contribution in [2.45, 2.75) is 19.8 Å². The van der Waals surface area contributed by atoms with Crippen LogP contribution in [-0.4, -0.2) is 17.8 Å². The molecular formula is C26H21FN2O3. The summed E-state index contributed by atoms with van der Waals surface area (Å²) in [6.45, 7) is 1.93. The van der Waals surface area contributed by atoms with Crippen LogP contribution >= 0.6 is 0 Å². The fraction of sp³-hybridized carbons (Fsp3) is 0.115. The molecule has 32 heavy (non-hydrogen) atoms. The topological polar surface area (TPSA) is 66.5 Å². The van der Waals surface area contributed by atoms with Crippen LogP contribution in [0.3, 0.4) is 0 Å². The van der Waals surface area contributed by atoms with Crippen LogP contribution < -0.4 is 10.2 Å². The maximum absolute atomic E-state index is 13.9. The van der Waals surface area contributed by atoms with Crippen LogP contribution in [0.5, 0.6) is 0 Å². The van der Waals surface area contributed by atoms with Gasteiger partial charge >= 0.3 is 6.03 Å². The summed E-state index contributed by atoms with van der Waals surface area (Å²) in [6, 6.07) is 20.1. The number of para-hydroxylation sites is 1. The zero-order chi connectivity index (χ0) is 22.7. The lowest BCUT2D eigenvalue weighted by Crippen LogP contribution is -2.54. The summed E-state index contributed by atoms with van der Waals surface area (Å²) >= 11 is 0. The zero-order valence-electron chi connectivity index (χ0n) is 17.5. The lowest BCUT2D eigenvalue weighted by Gasteiger charge is -2.28. The maximum Gasteiger partial charge on any atom is 0.335 e. The van der Waals surface area contributed by atoms with Crippen molar-refractivity contribution in [2.24, 2.45) is 0 Å². The first-order valence-corrected chi connectivity index (χ1v) is 10.3. The minimum absolute atomic E-state index is 0.127. The van der Waals surface area contributed by atoms with Gasteiger partial charge in [0.05, 0.1) is 5.69 Å². The van der Waals surface area contributed by atoms with Gasteiger partial charge in [-0.2, -0.15) is 0 Å². The zero-order valence-corrected chi connectivity index (χ0v) is 17.5. The lowest BCUT2D eigenvalue weighted by molar-refractivity contribution is -0.122. The van der Waals surface area contributed by atoms with E-state index >= 15 is 0 Å². The number of hydrogen-bond donors (Lipinski definition) is 1. The molecule has 3 aromatic carbocycles. The highest BCUT2D eigenvalue weighted by Gasteiger charge is 2.37. The van der Waals surface area contributed by atoms with Crippen molar-refractivity contribution >= 4 is 29.6 Å². The number of benzene rings is 3. The molecule has 1 saturated heterocycles. The second-order valence-corrected chi connectivity index (χ2v) is 7.45. The van der Waals surface area contributed by atoms with Gasteiger partial charge in [0, 0.05) is 6.42 Å². The molecule has 4 rings (SSSR count). The summed E-state index contributed by atoms with van der Waals surface area (Å²) in [5.41, 5.74) is 3.25.